The molecule has 22 heteroatoms. The van der Waals surface area contributed by atoms with Crippen molar-refractivity contribution in [3.05, 3.63) is 94.7 Å². The van der Waals surface area contributed by atoms with E-state index in [0.29, 0.717) is 48.0 Å². The summed E-state index contributed by atoms with van der Waals surface area (Å²) >= 11 is 1.25. The molecule has 1 aliphatic rings. The highest BCUT2D eigenvalue weighted by Gasteiger charge is 2.57. The van der Waals surface area contributed by atoms with Gasteiger partial charge in [-0.1, -0.05) is 26.0 Å². The minimum Gasteiger partial charge on any atom is -0.346 e. The first-order chi connectivity index (χ1) is 28.1. The summed E-state index contributed by atoms with van der Waals surface area (Å²) in [5.41, 5.74) is -1.18. The minimum absolute atomic E-state index is 0.00889. The van der Waals surface area contributed by atoms with Gasteiger partial charge in [0.15, 0.2) is 17.2 Å². The zero-order valence-corrected chi connectivity index (χ0v) is 33.7. The first-order valence-electron chi connectivity index (χ1n) is 18.1. The molecule has 0 saturated heterocycles. The Labute approximate surface area is 340 Å². The molecule has 5 heterocycles. The van der Waals surface area contributed by atoms with Crippen molar-refractivity contribution in [2.24, 2.45) is 20.0 Å². The number of hydrogen-bond donors (Lipinski definition) is 2. The number of halogens is 7. The number of carbonyl (C=O) groups excluding carboxylic acids is 1. The van der Waals surface area contributed by atoms with Crippen LogP contribution in [0.5, 0.6) is 0 Å². The van der Waals surface area contributed by atoms with Crippen molar-refractivity contribution >= 4 is 54.3 Å². The first-order valence-corrected chi connectivity index (χ1v) is 20.8. The fraction of sp³-hybridized carbons (Fsp3) is 0.316. The number of sulfonamides is 1. The van der Waals surface area contributed by atoms with Gasteiger partial charge in [0, 0.05) is 59.9 Å². The van der Waals surface area contributed by atoms with Crippen molar-refractivity contribution in [3.63, 3.8) is 0 Å². The van der Waals surface area contributed by atoms with Gasteiger partial charge in [-0.05, 0) is 42.2 Å². The van der Waals surface area contributed by atoms with Crippen LogP contribution >= 0.6 is 11.3 Å². The molecule has 0 aliphatic heterocycles. The summed E-state index contributed by atoms with van der Waals surface area (Å²) in [7, 11) is -0.494. The second-order valence-corrected chi connectivity index (χ2v) is 17.6. The topological polar surface area (TPSA) is 155 Å². The van der Waals surface area contributed by atoms with Crippen LogP contribution in [0.3, 0.4) is 0 Å². The van der Waals surface area contributed by atoms with Gasteiger partial charge in [-0.3, -0.25) is 23.6 Å². The monoisotopic (exact) mass is 874 g/mol. The molecular weight excluding hydrogens is 842 g/mol. The van der Waals surface area contributed by atoms with Gasteiger partial charge >= 0.3 is 6.18 Å². The van der Waals surface area contributed by atoms with E-state index in [1.165, 1.54) is 22.9 Å². The van der Waals surface area contributed by atoms with Crippen molar-refractivity contribution < 1.29 is 43.9 Å². The fourth-order valence-electron chi connectivity index (χ4n) is 7.74. The number of hydrogen-bond acceptors (Lipinski definition) is 9. The lowest BCUT2D eigenvalue weighted by molar-refractivity contribution is -0.143. The standard InChI is InChI=1S/C38H33F7N10O3S2/c1-17-18(2)37(41,42)33-29(17)32(38(43,44)45)50-55(33)16-28(56)47-26(11-19-9-21(39)12-22(40)10-19)30-25(13-27-35(48-30)49-36(59-27)20-14-46-53(3)15-20)23-7-6-8-24-31(23)54(4)51-34(24)52-60(5,57)58/h6-10,12-15,17-18,26H,11,16H2,1-5H3,(H,47,56)(H,51,52)/t17-,18+,26?/m0/s1. The Bertz CT molecular complexity index is 2950. The highest BCUT2D eigenvalue weighted by Crippen LogP contribution is 2.55. The molecule has 7 aromatic rings. The number of benzene rings is 2. The number of aryl methyl sites for hydroxylation is 2. The Kier molecular flexibility index (Phi) is 9.80. The third-order valence-electron chi connectivity index (χ3n) is 10.5. The van der Waals surface area contributed by atoms with Crippen LogP contribution in [0.1, 0.15) is 54.0 Å². The Morgan fingerprint density at radius 2 is 1.73 bits per heavy atom. The van der Waals surface area contributed by atoms with Gasteiger partial charge < -0.3 is 5.32 Å². The minimum atomic E-state index is -5.11. The summed E-state index contributed by atoms with van der Waals surface area (Å²) in [4.78, 5) is 23.7. The van der Waals surface area contributed by atoms with Crippen LogP contribution < -0.4 is 10.0 Å². The van der Waals surface area contributed by atoms with E-state index in [4.69, 9.17) is 9.97 Å². The molecule has 1 aliphatic carbocycles. The zero-order chi connectivity index (χ0) is 43.2. The number of anilines is 1. The average Bonchev–Trinajstić information content (AvgIpc) is 3.95. The van der Waals surface area contributed by atoms with Gasteiger partial charge in [-0.2, -0.15) is 37.2 Å². The molecule has 2 aromatic carbocycles. The molecule has 8 rings (SSSR count). The van der Waals surface area contributed by atoms with E-state index in [0.717, 1.165) is 25.3 Å². The molecule has 60 heavy (non-hydrogen) atoms. The van der Waals surface area contributed by atoms with E-state index < -0.39 is 81.0 Å². The molecule has 1 amide bonds. The predicted octanol–water partition coefficient (Wildman–Crippen LogP) is 7.46. The molecule has 0 spiro atoms. The number of nitrogens with one attached hydrogen (secondary N) is 2. The molecule has 314 valence electrons. The number of amides is 1. The number of fused-ring (bicyclic) bond motifs is 3. The lowest BCUT2D eigenvalue weighted by atomic mass is 9.94. The van der Waals surface area contributed by atoms with Gasteiger partial charge in [0.25, 0.3) is 5.92 Å². The second kappa shape index (κ2) is 14.4. The zero-order valence-electron chi connectivity index (χ0n) is 32.1. The van der Waals surface area contributed by atoms with Crippen LogP contribution in [0.25, 0.3) is 42.9 Å². The normalized spacial score (nSPS) is 17.1. The maximum atomic E-state index is 15.7. The maximum absolute atomic E-state index is 15.7. The number of carbonyl (C=O) groups is 1. The van der Waals surface area contributed by atoms with Crippen molar-refractivity contribution in [1.29, 1.82) is 0 Å². The van der Waals surface area contributed by atoms with Crippen LogP contribution in [-0.2, 0) is 54.0 Å². The number of aromatic nitrogens is 8. The summed E-state index contributed by atoms with van der Waals surface area (Å²) in [5.74, 6) is -9.49. The maximum Gasteiger partial charge on any atom is 0.435 e. The molecule has 0 bridgehead atoms. The molecule has 13 nitrogen and oxygen atoms in total. The molecule has 0 radical (unpaired) electrons. The van der Waals surface area contributed by atoms with E-state index in [1.807, 2.05) is 0 Å². The van der Waals surface area contributed by atoms with Crippen LogP contribution in [0.4, 0.5) is 36.6 Å². The number of nitrogens with zero attached hydrogens (tertiary/aromatic N) is 8. The van der Waals surface area contributed by atoms with Gasteiger partial charge in [0.05, 0.1) is 34.4 Å². The summed E-state index contributed by atoms with van der Waals surface area (Å²) < 4.78 is 134. The van der Waals surface area contributed by atoms with E-state index in [-0.39, 0.29) is 29.1 Å². The average molecular weight is 875 g/mol. The number of pyridine rings is 1. The predicted molar refractivity (Wildman–Crippen MR) is 207 cm³/mol. The third kappa shape index (κ3) is 7.34. The first kappa shape index (κ1) is 40.9. The molecule has 0 fully saturated rings. The van der Waals surface area contributed by atoms with Crippen LogP contribution in [0, 0.1) is 17.6 Å². The van der Waals surface area contributed by atoms with Crippen molar-refractivity contribution in [2.45, 2.75) is 50.9 Å². The SMILES string of the molecule is C[C@@H]1c2c(C(F)(F)F)nn(CC(=O)NC(Cc3cc(F)cc(F)c3)c3nc4nc(-c5cnn(C)c5)sc4cc3-c3cccc4c(NS(C)(=O)=O)nn(C)c34)c2C(F)(F)[C@@H]1C. The van der Waals surface area contributed by atoms with Gasteiger partial charge in [-0.25, -0.2) is 27.2 Å². The molecular formula is C38H33F7N10O3S2. The Balaban J connectivity index is 1.31. The number of para-hydroxylation sites is 1. The Morgan fingerprint density at radius 1 is 1.02 bits per heavy atom. The molecule has 1 unspecified atom stereocenters. The van der Waals surface area contributed by atoms with Crippen LogP contribution in [0.15, 0.2) is 54.9 Å². The van der Waals surface area contributed by atoms with E-state index in [2.05, 4.69) is 25.3 Å². The molecule has 0 saturated carbocycles. The van der Waals surface area contributed by atoms with Crippen LogP contribution in [0.2, 0.25) is 0 Å². The lowest BCUT2D eigenvalue weighted by Gasteiger charge is -2.23. The smallest absolute Gasteiger partial charge is 0.346 e. The number of alkyl halides is 5. The van der Waals surface area contributed by atoms with Crippen molar-refractivity contribution in [1.82, 2.24) is 44.6 Å². The van der Waals surface area contributed by atoms with Gasteiger partial charge in [0.2, 0.25) is 15.9 Å². The largest absolute Gasteiger partial charge is 0.435 e. The molecule has 3 atom stereocenters. The van der Waals surface area contributed by atoms with Crippen molar-refractivity contribution in [2.75, 3.05) is 11.0 Å². The highest BCUT2D eigenvalue weighted by atomic mass is 32.2. The second-order valence-electron chi connectivity index (χ2n) is 14.8. The highest BCUT2D eigenvalue weighted by molar-refractivity contribution is 7.92. The Hall–Kier alpha value is -5.90. The number of rotatable bonds is 10. The molecule has 5 aromatic heterocycles. The fourth-order valence-corrected chi connectivity index (χ4v) is 9.16. The molecule has 2 N–H and O–H groups in total. The van der Waals surface area contributed by atoms with Crippen molar-refractivity contribution in [3.8, 4) is 21.7 Å². The van der Waals surface area contributed by atoms with E-state index in [1.54, 1.807) is 55.4 Å². The lowest BCUT2D eigenvalue weighted by Crippen LogP contribution is -2.35. The van der Waals surface area contributed by atoms with Gasteiger partial charge in [-0.15, -0.1) is 11.3 Å². The summed E-state index contributed by atoms with van der Waals surface area (Å²) in [5, 5.41) is 15.6. The van der Waals surface area contributed by atoms with Crippen LogP contribution in [-0.4, -0.2) is 59.9 Å². The Morgan fingerprint density at radius 3 is 2.38 bits per heavy atom. The van der Waals surface area contributed by atoms with E-state index >= 15 is 8.78 Å². The summed E-state index contributed by atoms with van der Waals surface area (Å²) in [6.07, 6.45) is -1.18. The summed E-state index contributed by atoms with van der Waals surface area (Å²) in [6, 6.07) is 7.99. The van der Waals surface area contributed by atoms with Gasteiger partial charge in [0.1, 0.15) is 28.9 Å². The van der Waals surface area contributed by atoms with E-state index in [9.17, 15) is 35.2 Å². The third-order valence-corrected chi connectivity index (χ3v) is 12.1. The quantitative estimate of drug-likeness (QED) is 0.134. The summed E-state index contributed by atoms with van der Waals surface area (Å²) in [6.45, 7) is 1.27. The number of thiazole rings is 1.